The van der Waals surface area contributed by atoms with Crippen LogP contribution in [0.3, 0.4) is 0 Å². The van der Waals surface area contributed by atoms with Gasteiger partial charge in [0.25, 0.3) is 5.91 Å². The van der Waals surface area contributed by atoms with Crippen molar-refractivity contribution in [2.24, 2.45) is 0 Å². The second-order valence-electron chi connectivity index (χ2n) is 7.46. The average molecular weight is 479 g/mol. The van der Waals surface area contributed by atoms with Gasteiger partial charge in [0, 0.05) is 48.3 Å². The summed E-state index contributed by atoms with van der Waals surface area (Å²) in [5, 5.41) is 20.0. The zero-order valence-electron chi connectivity index (χ0n) is 17.2. The van der Waals surface area contributed by atoms with Crippen molar-refractivity contribution < 1.29 is 14.2 Å². The summed E-state index contributed by atoms with van der Waals surface area (Å²) >= 11 is 12.5. The quantitative estimate of drug-likeness (QED) is 0.394. The first kappa shape index (κ1) is 22.3. The van der Waals surface area contributed by atoms with Crippen LogP contribution in [0.1, 0.15) is 27.4 Å². The van der Waals surface area contributed by atoms with Gasteiger partial charge < -0.3 is 19.5 Å². The van der Waals surface area contributed by atoms with Crippen molar-refractivity contribution in [3.63, 3.8) is 0 Å². The number of rotatable bonds is 6. The molecule has 1 fully saturated rings. The fourth-order valence-electron chi connectivity index (χ4n) is 3.61. The SMILES string of the molecule is Cc1onc(C(=O)N2CCN(Cc3c(Cl)cccc3Cl)CC2)c1Cn1ccc([N+](=O)[O-])n1. The van der Waals surface area contributed by atoms with Gasteiger partial charge in [0.05, 0.1) is 29.5 Å². The molecule has 0 N–H and O–H groups in total. The first-order valence-corrected chi connectivity index (χ1v) is 10.7. The van der Waals surface area contributed by atoms with E-state index < -0.39 is 4.92 Å². The number of halogens is 2. The minimum Gasteiger partial charge on any atom is -0.361 e. The maximum absolute atomic E-state index is 13.1. The van der Waals surface area contributed by atoms with Gasteiger partial charge in [-0.05, 0) is 24.0 Å². The van der Waals surface area contributed by atoms with E-state index in [4.69, 9.17) is 27.7 Å². The molecule has 4 rings (SSSR count). The van der Waals surface area contributed by atoms with Crippen molar-refractivity contribution in [2.75, 3.05) is 26.2 Å². The third-order valence-corrected chi connectivity index (χ3v) is 6.13. The van der Waals surface area contributed by atoms with E-state index in [1.54, 1.807) is 11.8 Å². The lowest BCUT2D eigenvalue weighted by Gasteiger charge is -2.34. The molecule has 0 radical (unpaired) electrons. The predicted octanol–water partition coefficient (Wildman–Crippen LogP) is 3.40. The van der Waals surface area contributed by atoms with Gasteiger partial charge >= 0.3 is 5.82 Å². The van der Waals surface area contributed by atoms with Crippen molar-refractivity contribution in [3.8, 4) is 0 Å². The largest absolute Gasteiger partial charge is 0.389 e. The molecule has 1 saturated heterocycles. The molecule has 0 atom stereocenters. The van der Waals surface area contributed by atoms with Gasteiger partial charge in [-0.25, -0.2) is 0 Å². The molecule has 0 bridgehead atoms. The second kappa shape index (κ2) is 9.27. The molecule has 0 aliphatic carbocycles. The van der Waals surface area contributed by atoms with E-state index in [1.165, 1.54) is 16.9 Å². The molecule has 12 heteroatoms. The Balaban J connectivity index is 1.42. The number of benzene rings is 1. The Hall–Kier alpha value is -2.95. The van der Waals surface area contributed by atoms with Crippen LogP contribution < -0.4 is 0 Å². The smallest absolute Gasteiger partial charge is 0.361 e. The molecule has 10 nitrogen and oxygen atoms in total. The number of amides is 1. The van der Waals surface area contributed by atoms with E-state index in [-0.39, 0.29) is 24.0 Å². The molecule has 1 aliphatic heterocycles. The maximum atomic E-state index is 13.1. The van der Waals surface area contributed by atoms with E-state index in [0.29, 0.717) is 54.1 Å². The minimum atomic E-state index is -0.571. The number of hydrogen-bond donors (Lipinski definition) is 0. The zero-order valence-corrected chi connectivity index (χ0v) is 18.7. The van der Waals surface area contributed by atoms with Crippen molar-refractivity contribution in [1.82, 2.24) is 24.7 Å². The monoisotopic (exact) mass is 478 g/mol. The van der Waals surface area contributed by atoms with Crippen LogP contribution in [0.2, 0.25) is 10.0 Å². The van der Waals surface area contributed by atoms with Crippen LogP contribution >= 0.6 is 23.2 Å². The second-order valence-corrected chi connectivity index (χ2v) is 8.28. The van der Waals surface area contributed by atoms with Gasteiger partial charge in [-0.2, -0.15) is 4.68 Å². The zero-order chi connectivity index (χ0) is 22.8. The summed E-state index contributed by atoms with van der Waals surface area (Å²) in [6.45, 7) is 4.79. The Bertz CT molecular complexity index is 1130. The van der Waals surface area contributed by atoms with Crippen LogP contribution in [0, 0.1) is 17.0 Å². The van der Waals surface area contributed by atoms with Crippen molar-refractivity contribution in [1.29, 1.82) is 0 Å². The molecule has 1 aliphatic rings. The molecule has 32 heavy (non-hydrogen) atoms. The highest BCUT2D eigenvalue weighted by Gasteiger charge is 2.29. The van der Waals surface area contributed by atoms with E-state index in [2.05, 4.69) is 15.2 Å². The summed E-state index contributed by atoms with van der Waals surface area (Å²) in [5.74, 6) is -0.0332. The number of carbonyl (C=O) groups excluding carboxylic acids is 1. The van der Waals surface area contributed by atoms with Gasteiger partial charge in [-0.3, -0.25) is 9.69 Å². The lowest BCUT2D eigenvalue weighted by Crippen LogP contribution is -2.48. The number of carbonyl (C=O) groups is 1. The van der Waals surface area contributed by atoms with Gasteiger partial charge in [0.2, 0.25) is 0 Å². The van der Waals surface area contributed by atoms with Crippen molar-refractivity contribution >= 4 is 34.9 Å². The van der Waals surface area contributed by atoms with Gasteiger partial charge in [0.15, 0.2) is 5.69 Å². The van der Waals surface area contributed by atoms with E-state index in [1.807, 2.05) is 18.2 Å². The summed E-state index contributed by atoms with van der Waals surface area (Å²) in [6, 6.07) is 6.73. The third kappa shape index (κ3) is 4.62. The molecule has 3 heterocycles. The molecule has 3 aromatic rings. The van der Waals surface area contributed by atoms with E-state index in [9.17, 15) is 14.9 Å². The molecule has 0 spiro atoms. The standard InChI is InChI=1S/C20H20Cl2N6O4/c1-13-14(12-27-6-5-18(23-27)28(30)31)19(24-32-13)20(29)26-9-7-25(8-10-26)11-15-16(21)3-2-4-17(15)22/h2-6H,7-12H2,1H3. The summed E-state index contributed by atoms with van der Waals surface area (Å²) in [4.78, 5) is 27.3. The number of aromatic nitrogens is 3. The fourth-order valence-corrected chi connectivity index (χ4v) is 4.13. The molecule has 0 saturated carbocycles. The average Bonchev–Trinajstić information content (AvgIpc) is 3.39. The fraction of sp³-hybridized carbons (Fsp3) is 0.350. The number of nitrogens with zero attached hydrogens (tertiary/aromatic N) is 6. The third-order valence-electron chi connectivity index (χ3n) is 5.42. The van der Waals surface area contributed by atoms with E-state index >= 15 is 0 Å². The highest BCUT2D eigenvalue weighted by Crippen LogP contribution is 2.26. The minimum absolute atomic E-state index is 0.148. The topological polar surface area (TPSA) is 111 Å². The Morgan fingerprint density at radius 2 is 1.81 bits per heavy atom. The van der Waals surface area contributed by atoms with Crippen LogP contribution in [-0.2, 0) is 13.1 Å². The number of piperazine rings is 1. The van der Waals surface area contributed by atoms with E-state index in [0.717, 1.165) is 5.56 Å². The normalized spacial score (nSPS) is 14.7. The first-order valence-electron chi connectivity index (χ1n) is 9.91. The summed E-state index contributed by atoms with van der Waals surface area (Å²) in [5.41, 5.74) is 1.62. The number of hydrogen-bond acceptors (Lipinski definition) is 7. The highest BCUT2D eigenvalue weighted by atomic mass is 35.5. The van der Waals surface area contributed by atoms with Gasteiger partial charge in [0.1, 0.15) is 5.76 Å². The molecule has 168 valence electrons. The molecule has 2 aromatic heterocycles. The molecule has 1 aromatic carbocycles. The van der Waals surface area contributed by atoms with Gasteiger partial charge in [-0.1, -0.05) is 34.4 Å². The molecule has 1 amide bonds. The predicted molar refractivity (Wildman–Crippen MR) is 117 cm³/mol. The summed E-state index contributed by atoms with van der Waals surface area (Å²) in [6.07, 6.45) is 1.48. The van der Waals surface area contributed by atoms with Crippen molar-refractivity contribution in [2.45, 2.75) is 20.0 Å². The van der Waals surface area contributed by atoms with Crippen molar-refractivity contribution in [3.05, 3.63) is 73.2 Å². The van der Waals surface area contributed by atoms with Crippen LogP contribution in [0.25, 0.3) is 0 Å². The van der Waals surface area contributed by atoms with Crippen LogP contribution in [0.5, 0.6) is 0 Å². The molecular weight excluding hydrogens is 459 g/mol. The lowest BCUT2D eigenvalue weighted by molar-refractivity contribution is -0.389. The molecule has 0 unspecified atom stereocenters. The summed E-state index contributed by atoms with van der Waals surface area (Å²) < 4.78 is 6.64. The summed E-state index contributed by atoms with van der Waals surface area (Å²) in [7, 11) is 0. The van der Waals surface area contributed by atoms with Gasteiger partial charge in [-0.15, -0.1) is 0 Å². The Labute approximate surface area is 193 Å². The number of aryl methyl sites for hydroxylation is 1. The Kier molecular flexibility index (Phi) is 6.45. The maximum Gasteiger partial charge on any atom is 0.389 e. The first-order chi connectivity index (χ1) is 15.3. The number of nitro groups is 1. The molecular formula is C20H20Cl2N6O4. The van der Waals surface area contributed by atoms with Crippen LogP contribution in [-0.4, -0.2) is 61.7 Å². The lowest BCUT2D eigenvalue weighted by atomic mass is 10.1. The Morgan fingerprint density at radius 3 is 2.44 bits per heavy atom. The van der Waals surface area contributed by atoms with Crippen LogP contribution in [0.4, 0.5) is 5.82 Å². The Morgan fingerprint density at radius 1 is 1.12 bits per heavy atom. The highest BCUT2D eigenvalue weighted by molar-refractivity contribution is 6.35. The van der Waals surface area contributed by atoms with Crippen LogP contribution in [0.15, 0.2) is 35.0 Å².